The number of nitrogens with zero attached hydrogens (tertiary/aromatic N) is 2. The van der Waals surface area contributed by atoms with Crippen LogP contribution in [0.2, 0.25) is 5.02 Å². The molecule has 8 heteroatoms. The van der Waals surface area contributed by atoms with Crippen molar-refractivity contribution in [1.82, 2.24) is 4.98 Å². The standard InChI is InChI=1S/C23H17ClN4O3/c1-13-6-8-14(9-7-13)21(29)25-18-5-3-2-4-16(18)22(30)28-27-20-17-12-15(24)10-11-19(17)26-23(20)31/h2-12,26,31H,1H3,(H,25,29). The van der Waals surface area contributed by atoms with Crippen LogP contribution in [0.25, 0.3) is 10.9 Å². The average molecular weight is 433 g/mol. The third-order valence-corrected chi connectivity index (χ3v) is 4.91. The number of aromatic nitrogens is 1. The van der Waals surface area contributed by atoms with Gasteiger partial charge in [0.25, 0.3) is 11.8 Å². The van der Waals surface area contributed by atoms with Crippen molar-refractivity contribution < 1.29 is 14.7 Å². The molecule has 154 valence electrons. The molecule has 3 N–H and O–H groups in total. The van der Waals surface area contributed by atoms with Gasteiger partial charge in [0.15, 0.2) is 5.69 Å². The Morgan fingerprint density at radius 3 is 2.55 bits per heavy atom. The van der Waals surface area contributed by atoms with Crippen LogP contribution in [0, 0.1) is 6.92 Å². The molecule has 0 aliphatic rings. The van der Waals surface area contributed by atoms with E-state index >= 15 is 0 Å². The molecular formula is C23H17ClN4O3. The number of halogens is 1. The van der Waals surface area contributed by atoms with Crippen molar-refractivity contribution >= 4 is 45.7 Å². The zero-order chi connectivity index (χ0) is 22.0. The number of hydrogen-bond donors (Lipinski definition) is 3. The summed E-state index contributed by atoms with van der Waals surface area (Å²) in [6.45, 7) is 1.93. The highest BCUT2D eigenvalue weighted by molar-refractivity contribution is 6.31. The van der Waals surface area contributed by atoms with E-state index in [-0.39, 0.29) is 23.0 Å². The zero-order valence-corrected chi connectivity index (χ0v) is 17.1. The second kappa shape index (κ2) is 8.41. The molecule has 0 spiro atoms. The van der Waals surface area contributed by atoms with Gasteiger partial charge in [-0.05, 0) is 49.4 Å². The number of hydrogen-bond acceptors (Lipinski definition) is 4. The highest BCUT2D eigenvalue weighted by Crippen LogP contribution is 2.37. The van der Waals surface area contributed by atoms with Crippen LogP contribution in [0.15, 0.2) is 77.0 Å². The Morgan fingerprint density at radius 2 is 1.77 bits per heavy atom. The molecule has 4 rings (SSSR count). The first-order chi connectivity index (χ1) is 14.9. The highest BCUT2D eigenvalue weighted by Gasteiger charge is 2.15. The maximum atomic E-state index is 12.7. The summed E-state index contributed by atoms with van der Waals surface area (Å²) in [5.41, 5.74) is 2.69. The predicted octanol–water partition coefficient (Wildman–Crippen LogP) is 6.01. The predicted molar refractivity (Wildman–Crippen MR) is 119 cm³/mol. The number of nitrogens with one attached hydrogen (secondary N) is 2. The fourth-order valence-corrected chi connectivity index (χ4v) is 3.24. The average Bonchev–Trinajstić information content (AvgIpc) is 3.07. The second-order valence-corrected chi connectivity index (χ2v) is 7.32. The Kier molecular flexibility index (Phi) is 5.51. The lowest BCUT2D eigenvalue weighted by atomic mass is 10.1. The van der Waals surface area contributed by atoms with Gasteiger partial charge >= 0.3 is 0 Å². The number of anilines is 1. The van der Waals surface area contributed by atoms with Gasteiger partial charge in [-0.15, -0.1) is 10.2 Å². The van der Waals surface area contributed by atoms with Crippen molar-refractivity contribution in [2.45, 2.75) is 6.92 Å². The molecule has 0 saturated carbocycles. The molecule has 0 unspecified atom stereocenters. The van der Waals surface area contributed by atoms with Gasteiger partial charge in [-0.2, -0.15) is 0 Å². The smallest absolute Gasteiger partial charge is 0.297 e. The maximum absolute atomic E-state index is 12.7. The van der Waals surface area contributed by atoms with Crippen LogP contribution in [0.4, 0.5) is 11.4 Å². The molecule has 0 atom stereocenters. The van der Waals surface area contributed by atoms with Gasteiger partial charge in [-0.25, -0.2) is 0 Å². The van der Waals surface area contributed by atoms with E-state index in [1.165, 1.54) is 6.07 Å². The molecule has 0 radical (unpaired) electrons. The highest BCUT2D eigenvalue weighted by atomic mass is 35.5. The Bertz CT molecular complexity index is 1330. The molecule has 2 amide bonds. The largest absolute Gasteiger partial charge is 0.493 e. The molecule has 0 fully saturated rings. The van der Waals surface area contributed by atoms with Gasteiger partial charge in [0, 0.05) is 16.0 Å². The molecule has 3 aromatic carbocycles. The Labute approximate surface area is 182 Å². The molecule has 4 aromatic rings. The molecular weight excluding hydrogens is 416 g/mol. The van der Waals surface area contributed by atoms with Gasteiger partial charge in [0.2, 0.25) is 5.88 Å². The summed E-state index contributed by atoms with van der Waals surface area (Å²) in [6.07, 6.45) is 0. The summed E-state index contributed by atoms with van der Waals surface area (Å²) in [4.78, 5) is 28.0. The van der Waals surface area contributed by atoms with Crippen LogP contribution in [-0.2, 0) is 0 Å². The maximum Gasteiger partial charge on any atom is 0.297 e. The third kappa shape index (κ3) is 4.31. The van der Waals surface area contributed by atoms with Gasteiger partial charge in [-0.1, -0.05) is 41.4 Å². The Balaban J connectivity index is 1.60. The summed E-state index contributed by atoms with van der Waals surface area (Å²) in [5, 5.41) is 21.5. The summed E-state index contributed by atoms with van der Waals surface area (Å²) < 4.78 is 0. The SMILES string of the molecule is Cc1ccc(C(=O)Nc2ccccc2C(=O)N=Nc2c(O)[nH]c3ccc(Cl)cc23)cc1. The van der Waals surface area contributed by atoms with Crippen LogP contribution < -0.4 is 5.32 Å². The van der Waals surface area contributed by atoms with Crippen LogP contribution in [0.5, 0.6) is 5.88 Å². The van der Waals surface area contributed by atoms with Gasteiger partial charge in [0.05, 0.1) is 16.8 Å². The van der Waals surface area contributed by atoms with Crippen molar-refractivity contribution in [2.75, 3.05) is 5.32 Å². The summed E-state index contributed by atoms with van der Waals surface area (Å²) >= 11 is 6.01. The zero-order valence-electron chi connectivity index (χ0n) is 16.4. The van der Waals surface area contributed by atoms with Gasteiger partial charge in [-0.3, -0.25) is 9.59 Å². The van der Waals surface area contributed by atoms with E-state index in [1.807, 2.05) is 19.1 Å². The summed E-state index contributed by atoms with van der Waals surface area (Å²) in [7, 11) is 0. The molecule has 0 bridgehead atoms. The third-order valence-electron chi connectivity index (χ3n) is 4.67. The lowest BCUT2D eigenvalue weighted by Crippen LogP contribution is -2.14. The van der Waals surface area contributed by atoms with Crippen LogP contribution >= 0.6 is 11.6 Å². The van der Waals surface area contributed by atoms with Gasteiger partial charge in [0.1, 0.15) is 0 Å². The Hall–Kier alpha value is -3.97. The number of aryl methyl sites for hydroxylation is 1. The number of para-hydroxylation sites is 1. The van der Waals surface area contributed by atoms with Crippen LogP contribution in [-0.4, -0.2) is 21.9 Å². The van der Waals surface area contributed by atoms with E-state index in [1.54, 1.807) is 48.5 Å². The normalized spacial score (nSPS) is 11.2. The van der Waals surface area contributed by atoms with Crippen molar-refractivity contribution in [1.29, 1.82) is 0 Å². The minimum absolute atomic E-state index is 0.104. The lowest BCUT2D eigenvalue weighted by molar-refractivity contribution is 0.0996. The van der Waals surface area contributed by atoms with Crippen molar-refractivity contribution in [3.63, 3.8) is 0 Å². The number of carbonyl (C=O) groups excluding carboxylic acids is 2. The minimum Gasteiger partial charge on any atom is -0.493 e. The minimum atomic E-state index is -0.671. The first-order valence-electron chi connectivity index (χ1n) is 9.35. The van der Waals surface area contributed by atoms with Crippen molar-refractivity contribution in [3.8, 4) is 5.88 Å². The van der Waals surface area contributed by atoms with Gasteiger partial charge < -0.3 is 15.4 Å². The van der Waals surface area contributed by atoms with E-state index < -0.39 is 5.91 Å². The van der Waals surface area contributed by atoms with E-state index in [0.29, 0.717) is 27.2 Å². The number of rotatable bonds is 4. The molecule has 0 aliphatic heterocycles. The number of benzene rings is 3. The van der Waals surface area contributed by atoms with E-state index in [2.05, 4.69) is 20.5 Å². The Morgan fingerprint density at radius 1 is 1.03 bits per heavy atom. The summed E-state index contributed by atoms with van der Waals surface area (Å²) in [6, 6.07) is 18.6. The van der Waals surface area contributed by atoms with Crippen LogP contribution in [0.1, 0.15) is 26.3 Å². The first kappa shape index (κ1) is 20.3. The molecule has 0 saturated heterocycles. The molecule has 7 nitrogen and oxygen atoms in total. The van der Waals surface area contributed by atoms with E-state index in [0.717, 1.165) is 5.56 Å². The second-order valence-electron chi connectivity index (χ2n) is 6.88. The quantitative estimate of drug-likeness (QED) is 0.343. The molecule has 1 heterocycles. The monoisotopic (exact) mass is 432 g/mol. The van der Waals surface area contributed by atoms with E-state index in [4.69, 9.17) is 11.6 Å². The van der Waals surface area contributed by atoms with Crippen LogP contribution in [0.3, 0.4) is 0 Å². The summed E-state index contributed by atoms with van der Waals surface area (Å²) in [5.74, 6) is -1.24. The fraction of sp³-hybridized carbons (Fsp3) is 0.0435. The molecule has 1 aromatic heterocycles. The molecule has 31 heavy (non-hydrogen) atoms. The lowest BCUT2D eigenvalue weighted by Gasteiger charge is -2.08. The number of H-pyrrole nitrogens is 1. The number of azo groups is 1. The van der Waals surface area contributed by atoms with Crippen molar-refractivity contribution in [3.05, 3.63) is 88.4 Å². The number of amides is 2. The fourth-order valence-electron chi connectivity index (χ4n) is 3.06. The number of aromatic hydroxyl groups is 1. The van der Waals surface area contributed by atoms with E-state index in [9.17, 15) is 14.7 Å². The number of fused-ring (bicyclic) bond motifs is 1. The number of aromatic amines is 1. The first-order valence-corrected chi connectivity index (χ1v) is 9.73. The molecule has 0 aliphatic carbocycles. The van der Waals surface area contributed by atoms with Crippen molar-refractivity contribution in [2.24, 2.45) is 10.2 Å². The topological polar surface area (TPSA) is 107 Å². The number of carbonyl (C=O) groups is 2.